The number of hydrogen-bond acceptors (Lipinski definition) is 3. The molecule has 0 aromatic heterocycles. The molecule has 0 amide bonds. The Kier molecular flexibility index (Phi) is 4.71. The minimum absolute atomic E-state index is 0.0538. The highest BCUT2D eigenvalue weighted by Crippen LogP contribution is 2.28. The van der Waals surface area contributed by atoms with Crippen molar-refractivity contribution in [2.45, 2.75) is 33.1 Å². The van der Waals surface area contributed by atoms with Crippen LogP contribution >= 0.6 is 0 Å². The van der Waals surface area contributed by atoms with E-state index in [4.69, 9.17) is 5.11 Å². The van der Waals surface area contributed by atoms with Crippen LogP contribution in [0.25, 0.3) is 0 Å². The van der Waals surface area contributed by atoms with E-state index in [0.29, 0.717) is 44.4 Å². The Morgan fingerprint density at radius 1 is 1.15 bits per heavy atom. The molecule has 0 saturated carbocycles. The molecule has 2 fully saturated rings. The monoisotopic (exact) mass is 304 g/mol. The van der Waals surface area contributed by atoms with Gasteiger partial charge in [-0.15, -0.1) is 0 Å². The van der Waals surface area contributed by atoms with Crippen molar-refractivity contribution < 1.29 is 18.3 Å². The second-order valence-corrected chi connectivity index (χ2v) is 8.31. The summed E-state index contributed by atoms with van der Waals surface area (Å²) in [6.45, 7) is 6.10. The van der Waals surface area contributed by atoms with Gasteiger partial charge in [0.2, 0.25) is 0 Å². The largest absolute Gasteiger partial charge is 0.481 e. The average Bonchev–Trinajstić information content (AvgIpc) is 2.75. The molecule has 3 atom stereocenters. The first-order chi connectivity index (χ1) is 9.29. The lowest BCUT2D eigenvalue weighted by atomic mass is 9.94. The number of carboxylic acids is 1. The van der Waals surface area contributed by atoms with E-state index >= 15 is 0 Å². The summed E-state index contributed by atoms with van der Waals surface area (Å²) in [5, 5.41) is 8.80. The quantitative estimate of drug-likeness (QED) is 0.840. The van der Waals surface area contributed by atoms with E-state index < -0.39 is 16.2 Å². The first-order valence-corrected chi connectivity index (χ1v) is 8.65. The van der Waals surface area contributed by atoms with E-state index in [1.807, 2.05) is 0 Å². The zero-order valence-corrected chi connectivity index (χ0v) is 13.0. The second kappa shape index (κ2) is 5.99. The molecule has 6 nitrogen and oxygen atoms in total. The van der Waals surface area contributed by atoms with Gasteiger partial charge in [-0.05, 0) is 30.6 Å². The third-order valence-corrected chi connectivity index (χ3v) is 6.13. The van der Waals surface area contributed by atoms with E-state index in [1.165, 1.54) is 4.31 Å². The van der Waals surface area contributed by atoms with Crippen LogP contribution < -0.4 is 0 Å². The van der Waals surface area contributed by atoms with E-state index in [2.05, 4.69) is 13.8 Å². The molecular formula is C13H24N2O4S. The van der Waals surface area contributed by atoms with E-state index in [-0.39, 0.29) is 12.3 Å². The fourth-order valence-corrected chi connectivity index (χ4v) is 5.33. The van der Waals surface area contributed by atoms with E-state index in [0.717, 1.165) is 6.42 Å². The number of carboxylic acid groups (broad SMARTS) is 1. The van der Waals surface area contributed by atoms with Crippen molar-refractivity contribution in [3.8, 4) is 0 Å². The highest BCUT2D eigenvalue weighted by atomic mass is 32.2. The average molecular weight is 304 g/mol. The Hall–Kier alpha value is -0.660. The van der Waals surface area contributed by atoms with Gasteiger partial charge in [-0.25, -0.2) is 0 Å². The third kappa shape index (κ3) is 3.51. The van der Waals surface area contributed by atoms with Gasteiger partial charge >= 0.3 is 5.97 Å². The van der Waals surface area contributed by atoms with Gasteiger partial charge in [0.25, 0.3) is 10.2 Å². The predicted octanol–water partition coefficient (Wildman–Crippen LogP) is 1.01. The topological polar surface area (TPSA) is 77.9 Å². The lowest BCUT2D eigenvalue weighted by Gasteiger charge is -2.36. The van der Waals surface area contributed by atoms with Crippen molar-refractivity contribution in [1.29, 1.82) is 0 Å². The van der Waals surface area contributed by atoms with Crippen LogP contribution in [-0.4, -0.2) is 54.3 Å². The summed E-state index contributed by atoms with van der Waals surface area (Å²) in [6.07, 6.45) is 1.76. The number of hydrogen-bond donors (Lipinski definition) is 1. The van der Waals surface area contributed by atoms with Crippen molar-refractivity contribution >= 4 is 16.2 Å². The molecule has 20 heavy (non-hydrogen) atoms. The van der Waals surface area contributed by atoms with Crippen LogP contribution in [0, 0.1) is 17.8 Å². The predicted molar refractivity (Wildman–Crippen MR) is 75.4 cm³/mol. The molecule has 3 unspecified atom stereocenters. The van der Waals surface area contributed by atoms with Crippen LogP contribution in [0.4, 0.5) is 0 Å². The molecule has 0 radical (unpaired) electrons. The zero-order valence-electron chi connectivity index (χ0n) is 12.2. The Morgan fingerprint density at radius 3 is 2.30 bits per heavy atom. The number of piperidine rings is 1. The third-order valence-electron chi connectivity index (χ3n) is 4.20. The van der Waals surface area contributed by atoms with Crippen LogP contribution in [0.1, 0.15) is 33.1 Å². The van der Waals surface area contributed by atoms with Crippen LogP contribution in [0.2, 0.25) is 0 Å². The maximum atomic E-state index is 12.6. The molecule has 0 aromatic rings. The van der Waals surface area contributed by atoms with Crippen molar-refractivity contribution in [3.63, 3.8) is 0 Å². The van der Waals surface area contributed by atoms with Gasteiger partial charge in [-0.2, -0.15) is 17.0 Å². The lowest BCUT2D eigenvalue weighted by molar-refractivity contribution is -0.137. The molecule has 2 aliphatic heterocycles. The SMILES string of the molecule is CC1CC(C)CN(S(=O)(=O)N2CCC(CC(=O)O)C2)C1. The molecule has 2 rings (SSSR count). The van der Waals surface area contributed by atoms with E-state index in [1.54, 1.807) is 4.31 Å². The van der Waals surface area contributed by atoms with Gasteiger partial charge in [-0.3, -0.25) is 4.79 Å². The second-order valence-electron chi connectivity index (χ2n) is 6.38. The molecule has 1 N–H and O–H groups in total. The summed E-state index contributed by atoms with van der Waals surface area (Å²) >= 11 is 0. The summed E-state index contributed by atoms with van der Waals surface area (Å²) in [6, 6.07) is 0. The van der Waals surface area contributed by atoms with E-state index in [9.17, 15) is 13.2 Å². The summed E-state index contributed by atoms with van der Waals surface area (Å²) in [4.78, 5) is 10.7. The Bertz CT molecular complexity index is 455. The maximum Gasteiger partial charge on any atom is 0.303 e. The van der Waals surface area contributed by atoms with Crippen LogP contribution in [0.3, 0.4) is 0 Å². The number of carbonyl (C=O) groups is 1. The standard InChI is InChI=1S/C13H24N2O4S/c1-10-5-11(2)8-15(7-10)20(18,19)14-4-3-12(9-14)6-13(16)17/h10-12H,3-9H2,1-2H3,(H,16,17). The number of nitrogens with zero attached hydrogens (tertiary/aromatic N) is 2. The van der Waals surface area contributed by atoms with Crippen molar-refractivity contribution in [2.24, 2.45) is 17.8 Å². The normalized spacial score (nSPS) is 33.4. The highest BCUT2D eigenvalue weighted by molar-refractivity contribution is 7.86. The molecule has 7 heteroatoms. The summed E-state index contributed by atoms with van der Waals surface area (Å²) in [5.41, 5.74) is 0. The zero-order chi connectivity index (χ0) is 14.9. The number of aliphatic carboxylic acids is 1. The van der Waals surface area contributed by atoms with Gasteiger partial charge in [0.15, 0.2) is 0 Å². The lowest BCUT2D eigenvalue weighted by Crippen LogP contribution is -2.48. The molecule has 0 aromatic carbocycles. The number of rotatable bonds is 4. The summed E-state index contributed by atoms with van der Waals surface area (Å²) in [5.74, 6) is -0.145. The molecule has 2 heterocycles. The van der Waals surface area contributed by atoms with Gasteiger partial charge < -0.3 is 5.11 Å². The Morgan fingerprint density at radius 2 is 1.75 bits per heavy atom. The molecular weight excluding hydrogens is 280 g/mol. The fraction of sp³-hybridized carbons (Fsp3) is 0.923. The van der Waals surface area contributed by atoms with Crippen LogP contribution in [0.15, 0.2) is 0 Å². The first kappa shape index (κ1) is 15.7. The summed E-state index contributed by atoms with van der Waals surface area (Å²) < 4.78 is 28.3. The molecule has 2 aliphatic rings. The molecule has 2 saturated heterocycles. The fourth-order valence-electron chi connectivity index (χ4n) is 3.38. The van der Waals surface area contributed by atoms with Gasteiger partial charge in [0.1, 0.15) is 0 Å². The Balaban J connectivity index is 2.02. The van der Waals surface area contributed by atoms with Gasteiger partial charge in [0.05, 0.1) is 0 Å². The van der Waals surface area contributed by atoms with Crippen LogP contribution in [-0.2, 0) is 15.0 Å². The minimum atomic E-state index is -3.42. The van der Waals surface area contributed by atoms with Crippen molar-refractivity contribution in [3.05, 3.63) is 0 Å². The highest BCUT2D eigenvalue weighted by Gasteiger charge is 2.38. The Labute approximate surface area is 120 Å². The molecule has 0 bridgehead atoms. The molecule has 0 aliphatic carbocycles. The minimum Gasteiger partial charge on any atom is -0.481 e. The summed E-state index contributed by atoms with van der Waals surface area (Å²) in [7, 11) is -3.42. The molecule has 0 spiro atoms. The van der Waals surface area contributed by atoms with Crippen LogP contribution in [0.5, 0.6) is 0 Å². The first-order valence-electron chi connectivity index (χ1n) is 7.26. The smallest absolute Gasteiger partial charge is 0.303 e. The van der Waals surface area contributed by atoms with Gasteiger partial charge in [-0.1, -0.05) is 13.8 Å². The van der Waals surface area contributed by atoms with Crippen molar-refractivity contribution in [1.82, 2.24) is 8.61 Å². The van der Waals surface area contributed by atoms with Gasteiger partial charge in [0, 0.05) is 32.6 Å². The molecule has 116 valence electrons. The maximum absolute atomic E-state index is 12.6. The van der Waals surface area contributed by atoms with Crippen molar-refractivity contribution in [2.75, 3.05) is 26.2 Å².